The summed E-state index contributed by atoms with van der Waals surface area (Å²) < 4.78 is 7.86. The zero-order valence-electron chi connectivity index (χ0n) is 8.64. The molecule has 0 radical (unpaired) electrons. The molecule has 0 saturated heterocycles. The third-order valence-corrected chi connectivity index (χ3v) is 3.26. The van der Waals surface area contributed by atoms with Gasteiger partial charge in [0.15, 0.2) is 10.6 Å². The molecule has 2 rings (SSSR count). The van der Waals surface area contributed by atoms with E-state index in [4.69, 9.17) is 22.1 Å². The van der Waals surface area contributed by atoms with E-state index in [9.17, 15) is 0 Å². The third-order valence-electron chi connectivity index (χ3n) is 2.97. The highest BCUT2D eigenvalue weighted by Crippen LogP contribution is 2.32. The van der Waals surface area contributed by atoms with Crippen molar-refractivity contribution in [3.8, 4) is 0 Å². The van der Waals surface area contributed by atoms with Crippen LogP contribution in [0.4, 0.5) is 0 Å². The summed E-state index contributed by atoms with van der Waals surface area (Å²) >= 11 is 5.15. The molecule has 84 valence electrons. The topological polar surface area (TPSA) is 63.1 Å². The first kappa shape index (κ1) is 10.8. The maximum Gasteiger partial charge on any atom is 0.195 e. The Morgan fingerprint density at radius 1 is 1.67 bits per heavy atom. The molecule has 2 N–H and O–H groups in total. The number of ether oxygens (including phenoxy) is 1. The maximum absolute atomic E-state index is 9.16. The molecule has 0 amide bonds. The second-order valence-electron chi connectivity index (χ2n) is 3.75. The zero-order valence-corrected chi connectivity index (χ0v) is 9.46. The zero-order chi connectivity index (χ0) is 10.8. The number of aromatic amines is 1. The Labute approximate surface area is 93.1 Å². The van der Waals surface area contributed by atoms with Gasteiger partial charge in [-0.3, -0.25) is 9.67 Å². The molecule has 1 saturated carbocycles. The average molecular weight is 229 g/mol. The lowest BCUT2D eigenvalue weighted by Gasteiger charge is -2.20. The van der Waals surface area contributed by atoms with Crippen molar-refractivity contribution in [3.05, 3.63) is 10.6 Å². The van der Waals surface area contributed by atoms with Crippen molar-refractivity contribution in [3.63, 3.8) is 0 Å². The smallest absolute Gasteiger partial charge is 0.195 e. The van der Waals surface area contributed by atoms with Crippen LogP contribution in [-0.4, -0.2) is 33.1 Å². The molecule has 2 unspecified atom stereocenters. The van der Waals surface area contributed by atoms with E-state index in [0.29, 0.717) is 10.6 Å². The lowest BCUT2D eigenvalue weighted by molar-refractivity contribution is 0.0720. The van der Waals surface area contributed by atoms with E-state index in [0.717, 1.165) is 19.3 Å². The van der Waals surface area contributed by atoms with Gasteiger partial charge in [-0.25, -0.2) is 0 Å². The van der Waals surface area contributed by atoms with Crippen LogP contribution < -0.4 is 0 Å². The van der Waals surface area contributed by atoms with Crippen molar-refractivity contribution in [1.29, 1.82) is 0 Å². The molecule has 1 heterocycles. The maximum atomic E-state index is 9.16. The monoisotopic (exact) mass is 229 g/mol. The second-order valence-corrected chi connectivity index (χ2v) is 4.13. The van der Waals surface area contributed by atoms with Gasteiger partial charge in [-0.2, -0.15) is 5.10 Å². The summed E-state index contributed by atoms with van der Waals surface area (Å²) in [5, 5.41) is 15.9. The number of aliphatic hydroxyl groups excluding tert-OH is 1. The van der Waals surface area contributed by atoms with Crippen molar-refractivity contribution in [2.45, 2.75) is 38.0 Å². The van der Waals surface area contributed by atoms with Gasteiger partial charge in [-0.15, -0.1) is 0 Å². The summed E-state index contributed by atoms with van der Waals surface area (Å²) in [6.07, 6.45) is 3.37. The van der Waals surface area contributed by atoms with E-state index in [2.05, 4.69) is 10.2 Å². The van der Waals surface area contributed by atoms with Crippen molar-refractivity contribution >= 4 is 12.2 Å². The van der Waals surface area contributed by atoms with E-state index in [1.807, 2.05) is 4.57 Å². The minimum atomic E-state index is -0.0971. The first-order valence-corrected chi connectivity index (χ1v) is 5.48. The Morgan fingerprint density at radius 2 is 2.47 bits per heavy atom. The van der Waals surface area contributed by atoms with Crippen LogP contribution in [-0.2, 0) is 11.3 Å². The van der Waals surface area contributed by atoms with Gasteiger partial charge in [-0.1, -0.05) is 0 Å². The number of nitrogens with one attached hydrogen (secondary N) is 1. The molecule has 1 fully saturated rings. The van der Waals surface area contributed by atoms with E-state index in [1.165, 1.54) is 0 Å². The Bertz CT molecular complexity index is 387. The van der Waals surface area contributed by atoms with Crippen LogP contribution in [0.5, 0.6) is 0 Å². The molecular weight excluding hydrogens is 214 g/mol. The lowest BCUT2D eigenvalue weighted by atomic mass is 10.2. The Morgan fingerprint density at radius 3 is 3.13 bits per heavy atom. The molecule has 0 spiro atoms. The first-order valence-electron chi connectivity index (χ1n) is 5.07. The predicted molar refractivity (Wildman–Crippen MR) is 57.0 cm³/mol. The van der Waals surface area contributed by atoms with Gasteiger partial charge in [0.05, 0.1) is 12.1 Å². The van der Waals surface area contributed by atoms with Crippen molar-refractivity contribution in [2.75, 3.05) is 7.11 Å². The van der Waals surface area contributed by atoms with Gasteiger partial charge in [0, 0.05) is 7.11 Å². The minimum absolute atomic E-state index is 0.0971. The first-order chi connectivity index (χ1) is 7.27. The number of nitrogens with zero attached hydrogens (tertiary/aromatic N) is 2. The molecule has 15 heavy (non-hydrogen) atoms. The minimum Gasteiger partial charge on any atom is -0.388 e. The van der Waals surface area contributed by atoms with Crippen LogP contribution in [0.1, 0.15) is 31.1 Å². The highest BCUT2D eigenvalue weighted by atomic mass is 32.1. The van der Waals surface area contributed by atoms with Crippen LogP contribution in [0.2, 0.25) is 0 Å². The van der Waals surface area contributed by atoms with Crippen molar-refractivity contribution in [2.24, 2.45) is 0 Å². The van der Waals surface area contributed by atoms with Gasteiger partial charge in [0.25, 0.3) is 0 Å². The molecule has 0 aromatic carbocycles. The molecule has 1 aromatic rings. The molecule has 0 aliphatic heterocycles. The fourth-order valence-electron chi connectivity index (χ4n) is 2.27. The van der Waals surface area contributed by atoms with Crippen LogP contribution >= 0.6 is 12.2 Å². The fourth-order valence-corrected chi connectivity index (χ4v) is 2.55. The van der Waals surface area contributed by atoms with Crippen molar-refractivity contribution in [1.82, 2.24) is 14.8 Å². The number of aromatic nitrogens is 3. The molecule has 5 nitrogen and oxygen atoms in total. The SMILES string of the molecule is COC1CCCC1n1c(CO)n[nH]c1=S. The Kier molecular flexibility index (Phi) is 3.18. The summed E-state index contributed by atoms with van der Waals surface area (Å²) in [5.74, 6) is 0.592. The van der Waals surface area contributed by atoms with Gasteiger partial charge in [-0.05, 0) is 31.5 Å². The highest BCUT2D eigenvalue weighted by Gasteiger charge is 2.30. The standard InChI is InChI=1S/C9H15N3O2S/c1-14-7-4-2-3-6(7)12-8(5-13)10-11-9(12)15/h6-7,13H,2-5H2,1H3,(H,11,15). The molecular formula is C9H15N3O2S. The molecule has 1 aliphatic rings. The number of aliphatic hydroxyl groups is 1. The Balaban J connectivity index is 2.35. The highest BCUT2D eigenvalue weighted by molar-refractivity contribution is 7.71. The van der Waals surface area contributed by atoms with Crippen LogP contribution in [0.15, 0.2) is 0 Å². The van der Waals surface area contributed by atoms with E-state index < -0.39 is 0 Å². The number of hydrogen-bond acceptors (Lipinski definition) is 4. The molecule has 6 heteroatoms. The third kappa shape index (κ3) is 1.84. The summed E-state index contributed by atoms with van der Waals surface area (Å²) in [6.45, 7) is -0.0971. The average Bonchev–Trinajstić information content (AvgIpc) is 2.82. The van der Waals surface area contributed by atoms with E-state index in [-0.39, 0.29) is 18.8 Å². The fraction of sp³-hybridized carbons (Fsp3) is 0.778. The molecule has 2 atom stereocenters. The Hall–Kier alpha value is -0.720. The van der Waals surface area contributed by atoms with Gasteiger partial charge in [0.1, 0.15) is 6.61 Å². The van der Waals surface area contributed by atoms with Gasteiger partial charge >= 0.3 is 0 Å². The van der Waals surface area contributed by atoms with E-state index in [1.54, 1.807) is 7.11 Å². The van der Waals surface area contributed by atoms with Gasteiger partial charge in [0.2, 0.25) is 0 Å². The second kappa shape index (κ2) is 4.42. The van der Waals surface area contributed by atoms with E-state index >= 15 is 0 Å². The quantitative estimate of drug-likeness (QED) is 0.764. The molecule has 1 aromatic heterocycles. The number of hydrogen-bond donors (Lipinski definition) is 2. The van der Waals surface area contributed by atoms with Crippen LogP contribution in [0, 0.1) is 4.77 Å². The predicted octanol–water partition coefficient (Wildman–Crippen LogP) is 1.17. The largest absolute Gasteiger partial charge is 0.388 e. The number of rotatable bonds is 3. The normalized spacial score (nSPS) is 26.0. The summed E-state index contributed by atoms with van der Waals surface area (Å²) in [7, 11) is 1.71. The summed E-state index contributed by atoms with van der Waals surface area (Å²) in [4.78, 5) is 0. The van der Waals surface area contributed by atoms with Gasteiger partial charge < -0.3 is 9.84 Å². The van der Waals surface area contributed by atoms with Crippen LogP contribution in [0.25, 0.3) is 0 Å². The molecule has 1 aliphatic carbocycles. The lowest BCUT2D eigenvalue weighted by Crippen LogP contribution is -2.22. The number of H-pyrrole nitrogens is 1. The summed E-state index contributed by atoms with van der Waals surface area (Å²) in [5.41, 5.74) is 0. The molecule has 0 bridgehead atoms. The number of methoxy groups -OCH3 is 1. The summed E-state index contributed by atoms with van der Waals surface area (Å²) in [6, 6.07) is 0.211. The van der Waals surface area contributed by atoms with Crippen LogP contribution in [0.3, 0.4) is 0 Å². The van der Waals surface area contributed by atoms with Crippen molar-refractivity contribution < 1.29 is 9.84 Å².